The van der Waals surface area contributed by atoms with Gasteiger partial charge in [-0.25, -0.2) is 0 Å². The lowest BCUT2D eigenvalue weighted by molar-refractivity contribution is -0.125. The molecule has 1 heterocycles. The van der Waals surface area contributed by atoms with Gasteiger partial charge in [0, 0.05) is 18.7 Å². The van der Waals surface area contributed by atoms with Crippen LogP contribution in [0.25, 0.3) is 0 Å². The second-order valence-corrected chi connectivity index (χ2v) is 8.33. The second kappa shape index (κ2) is 11.0. The lowest BCUT2D eigenvalue weighted by Crippen LogP contribution is -2.45. The molecule has 2 aromatic rings. The Kier molecular flexibility index (Phi) is 8.16. The number of amides is 2. The van der Waals surface area contributed by atoms with Crippen molar-refractivity contribution in [1.82, 2.24) is 4.90 Å². The fraction of sp³-hybridized carbons (Fsp3) is 0.440. The molecular formula is C25H33N3O5. The number of hydrogen-bond donors (Lipinski definition) is 1. The molecule has 33 heavy (non-hydrogen) atoms. The van der Waals surface area contributed by atoms with Crippen molar-refractivity contribution >= 4 is 23.2 Å². The van der Waals surface area contributed by atoms with Crippen LogP contribution in [0.4, 0.5) is 11.4 Å². The van der Waals surface area contributed by atoms with Crippen molar-refractivity contribution in [2.75, 3.05) is 51.6 Å². The lowest BCUT2D eigenvalue weighted by atomic mass is 10.1. The maximum Gasteiger partial charge on any atom is 0.267 e. The Hall–Kier alpha value is -3.26. The van der Waals surface area contributed by atoms with Gasteiger partial charge >= 0.3 is 0 Å². The van der Waals surface area contributed by atoms with E-state index in [1.54, 1.807) is 38.2 Å². The van der Waals surface area contributed by atoms with Crippen molar-refractivity contribution in [3.8, 4) is 17.2 Å². The highest BCUT2D eigenvalue weighted by molar-refractivity contribution is 6.01. The number of methoxy groups -OCH3 is 2. The van der Waals surface area contributed by atoms with E-state index in [4.69, 9.17) is 14.2 Å². The Balaban J connectivity index is 1.66. The fourth-order valence-electron chi connectivity index (χ4n) is 3.78. The summed E-state index contributed by atoms with van der Waals surface area (Å²) in [5.74, 6) is 1.76. The highest BCUT2D eigenvalue weighted by atomic mass is 16.5. The van der Waals surface area contributed by atoms with Gasteiger partial charge in [-0.05, 0) is 76.3 Å². The summed E-state index contributed by atoms with van der Waals surface area (Å²) in [4.78, 5) is 29.2. The third kappa shape index (κ3) is 6.16. The van der Waals surface area contributed by atoms with E-state index in [0.29, 0.717) is 48.0 Å². The van der Waals surface area contributed by atoms with E-state index in [9.17, 15) is 9.59 Å². The first-order valence-corrected chi connectivity index (χ1v) is 11.1. The summed E-state index contributed by atoms with van der Waals surface area (Å²) in [5, 5.41) is 2.94. The second-order valence-electron chi connectivity index (χ2n) is 8.33. The van der Waals surface area contributed by atoms with Crippen LogP contribution in [0.5, 0.6) is 17.2 Å². The average molecular weight is 456 g/mol. The number of rotatable bonds is 10. The highest BCUT2D eigenvalue weighted by Gasteiger charge is 2.31. The number of nitrogens with one attached hydrogen (secondary N) is 1. The molecular weight excluding hydrogens is 422 g/mol. The standard InChI is InChI=1S/C25H33N3O5/c1-17-25(30)28(14-6-13-27(2)3)20-16-19(9-11-21(20)33-17)26-24(29)12-8-18-7-10-22(31-4)23(15-18)32-5/h7,9-11,15-17H,6,8,12-14H2,1-5H3,(H,26,29). The third-order valence-electron chi connectivity index (χ3n) is 5.53. The number of benzene rings is 2. The predicted octanol–water partition coefficient (Wildman–Crippen LogP) is 3.34. The van der Waals surface area contributed by atoms with Crippen LogP contribution in [0.2, 0.25) is 0 Å². The Labute approximate surface area is 195 Å². The molecule has 178 valence electrons. The van der Waals surface area contributed by atoms with Crippen molar-refractivity contribution in [2.45, 2.75) is 32.3 Å². The molecule has 0 radical (unpaired) electrons. The smallest absolute Gasteiger partial charge is 0.267 e. The summed E-state index contributed by atoms with van der Waals surface area (Å²) in [6.45, 7) is 3.23. The van der Waals surface area contributed by atoms with Gasteiger partial charge in [-0.15, -0.1) is 0 Å². The molecule has 1 aliphatic rings. The molecule has 3 rings (SSSR count). The monoisotopic (exact) mass is 455 g/mol. The molecule has 1 aliphatic heterocycles. The fourth-order valence-corrected chi connectivity index (χ4v) is 3.78. The molecule has 0 bridgehead atoms. The summed E-state index contributed by atoms with van der Waals surface area (Å²) in [6.07, 6.45) is 1.18. The van der Waals surface area contributed by atoms with Crippen molar-refractivity contribution < 1.29 is 23.8 Å². The van der Waals surface area contributed by atoms with E-state index >= 15 is 0 Å². The van der Waals surface area contributed by atoms with E-state index < -0.39 is 6.10 Å². The SMILES string of the molecule is COc1ccc(CCC(=O)Nc2ccc3c(c2)N(CCCN(C)C)C(=O)C(C)O3)cc1OC. The van der Waals surface area contributed by atoms with Crippen LogP contribution in [0.15, 0.2) is 36.4 Å². The first-order chi connectivity index (χ1) is 15.8. The van der Waals surface area contributed by atoms with Crippen molar-refractivity contribution in [2.24, 2.45) is 0 Å². The maximum atomic E-state index is 12.7. The summed E-state index contributed by atoms with van der Waals surface area (Å²) >= 11 is 0. The molecule has 0 aromatic heterocycles. The van der Waals surface area contributed by atoms with E-state index in [0.717, 1.165) is 18.5 Å². The predicted molar refractivity (Wildman–Crippen MR) is 129 cm³/mol. The van der Waals surface area contributed by atoms with Crippen LogP contribution in [0.1, 0.15) is 25.3 Å². The molecule has 0 saturated carbocycles. The Morgan fingerprint density at radius 1 is 1.12 bits per heavy atom. The number of fused-ring (bicyclic) bond motifs is 1. The maximum absolute atomic E-state index is 12.7. The molecule has 1 N–H and O–H groups in total. The quantitative estimate of drug-likeness (QED) is 0.592. The zero-order valence-corrected chi connectivity index (χ0v) is 20.0. The molecule has 0 saturated heterocycles. The molecule has 1 atom stereocenters. The number of anilines is 2. The zero-order chi connectivity index (χ0) is 24.0. The third-order valence-corrected chi connectivity index (χ3v) is 5.53. The molecule has 1 unspecified atom stereocenters. The Bertz CT molecular complexity index is 992. The number of hydrogen-bond acceptors (Lipinski definition) is 6. The van der Waals surface area contributed by atoms with Crippen LogP contribution < -0.4 is 24.4 Å². The van der Waals surface area contributed by atoms with Crippen LogP contribution in [-0.2, 0) is 16.0 Å². The minimum atomic E-state index is -0.529. The van der Waals surface area contributed by atoms with Gasteiger partial charge in [-0.1, -0.05) is 6.07 Å². The summed E-state index contributed by atoms with van der Waals surface area (Å²) in [6, 6.07) is 11.0. The zero-order valence-electron chi connectivity index (χ0n) is 20.0. The van der Waals surface area contributed by atoms with Crippen LogP contribution in [0.3, 0.4) is 0 Å². The number of carbonyl (C=O) groups excluding carboxylic acids is 2. The van der Waals surface area contributed by atoms with Crippen molar-refractivity contribution in [1.29, 1.82) is 0 Å². The van der Waals surface area contributed by atoms with Crippen LogP contribution >= 0.6 is 0 Å². The van der Waals surface area contributed by atoms with E-state index in [-0.39, 0.29) is 11.8 Å². The van der Waals surface area contributed by atoms with Crippen molar-refractivity contribution in [3.05, 3.63) is 42.0 Å². The Morgan fingerprint density at radius 2 is 1.88 bits per heavy atom. The summed E-state index contributed by atoms with van der Waals surface area (Å²) in [7, 11) is 7.19. The van der Waals surface area contributed by atoms with Gasteiger partial charge < -0.3 is 29.3 Å². The molecule has 0 aliphatic carbocycles. The average Bonchev–Trinajstić information content (AvgIpc) is 2.80. The van der Waals surface area contributed by atoms with E-state index in [1.165, 1.54) is 0 Å². The first kappa shape index (κ1) is 24.4. The van der Waals surface area contributed by atoms with E-state index in [1.807, 2.05) is 38.4 Å². The number of nitrogens with zero attached hydrogens (tertiary/aromatic N) is 2. The molecule has 8 nitrogen and oxygen atoms in total. The molecule has 8 heteroatoms. The van der Waals surface area contributed by atoms with Crippen LogP contribution in [0, 0.1) is 0 Å². The largest absolute Gasteiger partial charge is 0.493 e. The summed E-state index contributed by atoms with van der Waals surface area (Å²) in [5.41, 5.74) is 2.30. The van der Waals surface area contributed by atoms with Crippen molar-refractivity contribution in [3.63, 3.8) is 0 Å². The topological polar surface area (TPSA) is 80.3 Å². The summed E-state index contributed by atoms with van der Waals surface area (Å²) < 4.78 is 16.4. The van der Waals surface area contributed by atoms with Gasteiger partial charge in [-0.2, -0.15) is 0 Å². The molecule has 0 spiro atoms. The van der Waals surface area contributed by atoms with Gasteiger partial charge in [0.15, 0.2) is 17.6 Å². The van der Waals surface area contributed by atoms with Gasteiger partial charge in [0.1, 0.15) is 5.75 Å². The molecule has 0 fully saturated rings. The normalized spacial score (nSPS) is 15.2. The minimum Gasteiger partial charge on any atom is -0.493 e. The minimum absolute atomic E-state index is 0.0711. The van der Waals surface area contributed by atoms with Gasteiger partial charge in [0.25, 0.3) is 5.91 Å². The first-order valence-electron chi connectivity index (χ1n) is 11.1. The Morgan fingerprint density at radius 3 is 2.58 bits per heavy atom. The highest BCUT2D eigenvalue weighted by Crippen LogP contribution is 2.36. The van der Waals surface area contributed by atoms with E-state index in [2.05, 4.69) is 10.2 Å². The number of carbonyl (C=O) groups is 2. The van der Waals surface area contributed by atoms with Crippen LogP contribution in [-0.4, -0.2) is 64.2 Å². The number of ether oxygens (including phenoxy) is 3. The molecule has 2 aromatic carbocycles. The number of aryl methyl sites for hydroxylation is 1. The molecule has 2 amide bonds. The lowest BCUT2D eigenvalue weighted by Gasteiger charge is -2.33. The van der Waals surface area contributed by atoms with Gasteiger partial charge in [0.2, 0.25) is 5.91 Å². The van der Waals surface area contributed by atoms with Gasteiger partial charge in [-0.3, -0.25) is 9.59 Å². The van der Waals surface area contributed by atoms with Gasteiger partial charge in [0.05, 0.1) is 19.9 Å².